The van der Waals surface area contributed by atoms with Gasteiger partial charge in [0, 0.05) is 35.0 Å². The van der Waals surface area contributed by atoms with Crippen LogP contribution in [0.4, 0.5) is 0 Å². The zero-order chi connectivity index (χ0) is 22.7. The molecular weight excluding hydrogens is 404 g/mol. The van der Waals surface area contributed by atoms with Crippen LogP contribution in [0.3, 0.4) is 0 Å². The zero-order valence-electron chi connectivity index (χ0n) is 18.0. The van der Waals surface area contributed by atoms with Crippen molar-refractivity contribution in [2.45, 2.75) is 26.7 Å². The Hall–Kier alpha value is -3.93. The minimum Gasteiger partial charge on any atom is -0.493 e. The number of carboxylic acids is 1. The van der Waals surface area contributed by atoms with Gasteiger partial charge in [0.2, 0.25) is 0 Å². The first kappa shape index (κ1) is 21.3. The summed E-state index contributed by atoms with van der Waals surface area (Å²) in [6.07, 6.45) is 2.35. The number of ether oxygens (including phenoxy) is 1. The third-order valence-corrected chi connectivity index (χ3v) is 5.60. The van der Waals surface area contributed by atoms with Gasteiger partial charge in [-0.1, -0.05) is 24.3 Å². The normalized spacial score (nSPS) is 10.9. The van der Waals surface area contributed by atoms with Crippen LogP contribution in [-0.4, -0.2) is 33.1 Å². The van der Waals surface area contributed by atoms with E-state index in [-0.39, 0.29) is 12.3 Å². The molecule has 0 aliphatic heterocycles. The maximum Gasteiger partial charge on any atom is 0.307 e. The van der Waals surface area contributed by atoms with Crippen molar-refractivity contribution in [3.05, 3.63) is 94.9 Å². The van der Waals surface area contributed by atoms with Crippen LogP contribution in [0.1, 0.15) is 32.9 Å². The van der Waals surface area contributed by atoms with Crippen molar-refractivity contribution in [3.63, 3.8) is 0 Å². The molecule has 0 saturated heterocycles. The van der Waals surface area contributed by atoms with Gasteiger partial charge >= 0.3 is 5.97 Å². The van der Waals surface area contributed by atoms with Crippen LogP contribution in [0.25, 0.3) is 10.9 Å². The highest BCUT2D eigenvalue weighted by Crippen LogP contribution is 2.27. The summed E-state index contributed by atoms with van der Waals surface area (Å²) in [5.74, 6) is -0.451. The summed E-state index contributed by atoms with van der Waals surface area (Å²) in [5.41, 5.74) is 4.65. The molecule has 0 amide bonds. The number of hydrogen-bond acceptors (Lipinski definition) is 4. The van der Waals surface area contributed by atoms with E-state index in [1.54, 1.807) is 42.0 Å². The maximum absolute atomic E-state index is 13.3. The first-order valence-corrected chi connectivity index (χ1v) is 10.4. The number of carbonyl (C=O) groups excluding carboxylic acids is 1. The number of hydrogen-bond donors (Lipinski definition) is 1. The molecule has 2 aromatic heterocycles. The van der Waals surface area contributed by atoms with Gasteiger partial charge in [0.15, 0.2) is 0 Å². The molecule has 162 valence electrons. The summed E-state index contributed by atoms with van der Waals surface area (Å²) < 4.78 is 7.41. The average molecular weight is 428 g/mol. The second-order valence-corrected chi connectivity index (χ2v) is 7.68. The molecule has 2 aromatic carbocycles. The van der Waals surface area contributed by atoms with E-state index in [0.29, 0.717) is 41.1 Å². The standard InChI is InChI=1S/C26H24N2O4/c1-17-6-5-14-27-23(17)13-15-32-20-11-9-19(10-12-20)26(31)28-18(2)22(16-25(29)30)21-7-3-4-8-24(21)28/h3-12,14H,13,15-16H2,1-2H3,(H,29,30). The average Bonchev–Trinajstić information content (AvgIpc) is 3.06. The summed E-state index contributed by atoms with van der Waals surface area (Å²) >= 11 is 0. The summed E-state index contributed by atoms with van der Waals surface area (Å²) in [6.45, 7) is 4.30. The Morgan fingerprint density at radius 3 is 2.47 bits per heavy atom. The van der Waals surface area contributed by atoms with Crippen molar-refractivity contribution in [1.82, 2.24) is 9.55 Å². The Labute approximate surface area is 186 Å². The number of aryl methyl sites for hydroxylation is 1. The van der Waals surface area contributed by atoms with Gasteiger partial charge in [-0.2, -0.15) is 0 Å². The molecule has 0 saturated carbocycles. The molecule has 0 spiro atoms. The van der Waals surface area contributed by atoms with Crippen LogP contribution in [-0.2, 0) is 17.6 Å². The molecule has 2 heterocycles. The molecule has 32 heavy (non-hydrogen) atoms. The number of para-hydroxylation sites is 1. The molecule has 0 atom stereocenters. The van der Waals surface area contributed by atoms with Gasteiger partial charge in [-0.05, 0) is 61.4 Å². The van der Waals surface area contributed by atoms with Gasteiger partial charge in [-0.15, -0.1) is 0 Å². The van der Waals surface area contributed by atoms with Gasteiger partial charge in [0.05, 0.1) is 18.5 Å². The lowest BCUT2D eigenvalue weighted by Gasteiger charge is -2.10. The van der Waals surface area contributed by atoms with Crippen molar-refractivity contribution in [1.29, 1.82) is 0 Å². The van der Waals surface area contributed by atoms with Crippen LogP contribution in [0.15, 0.2) is 66.9 Å². The Morgan fingerprint density at radius 1 is 1.00 bits per heavy atom. The van der Waals surface area contributed by atoms with Crippen LogP contribution in [0.2, 0.25) is 0 Å². The minimum atomic E-state index is -0.925. The second-order valence-electron chi connectivity index (χ2n) is 7.68. The molecule has 4 aromatic rings. The van der Waals surface area contributed by atoms with Crippen molar-refractivity contribution >= 4 is 22.8 Å². The highest BCUT2D eigenvalue weighted by Gasteiger charge is 2.21. The monoisotopic (exact) mass is 428 g/mol. The van der Waals surface area contributed by atoms with E-state index in [1.165, 1.54) is 0 Å². The molecule has 0 aliphatic rings. The fourth-order valence-electron chi connectivity index (χ4n) is 3.94. The Balaban J connectivity index is 1.53. The van der Waals surface area contributed by atoms with Crippen LogP contribution < -0.4 is 4.74 Å². The fraction of sp³-hybridized carbons (Fsp3) is 0.192. The van der Waals surface area contributed by atoms with E-state index >= 15 is 0 Å². The molecular formula is C26H24N2O4. The quantitative estimate of drug-likeness (QED) is 0.466. The Kier molecular flexibility index (Phi) is 6.03. The van der Waals surface area contributed by atoms with E-state index in [2.05, 4.69) is 4.98 Å². The van der Waals surface area contributed by atoms with Gasteiger partial charge in [-0.25, -0.2) is 0 Å². The van der Waals surface area contributed by atoms with Crippen LogP contribution >= 0.6 is 0 Å². The van der Waals surface area contributed by atoms with E-state index < -0.39 is 5.97 Å². The number of rotatable bonds is 7. The molecule has 1 N–H and O–H groups in total. The predicted octanol–water partition coefficient (Wildman–Crippen LogP) is 4.59. The summed E-state index contributed by atoms with van der Waals surface area (Å²) in [6, 6.07) is 18.3. The number of benzene rings is 2. The smallest absolute Gasteiger partial charge is 0.307 e. The number of carbonyl (C=O) groups is 2. The van der Waals surface area contributed by atoms with Gasteiger partial charge < -0.3 is 9.84 Å². The zero-order valence-corrected chi connectivity index (χ0v) is 18.0. The van der Waals surface area contributed by atoms with Crippen molar-refractivity contribution < 1.29 is 19.4 Å². The molecule has 0 bridgehead atoms. The lowest BCUT2D eigenvalue weighted by atomic mass is 10.1. The fourth-order valence-corrected chi connectivity index (χ4v) is 3.94. The summed E-state index contributed by atoms with van der Waals surface area (Å²) in [7, 11) is 0. The molecule has 0 unspecified atom stereocenters. The Bertz CT molecular complexity index is 1290. The van der Waals surface area contributed by atoms with Gasteiger partial charge in [0.25, 0.3) is 5.91 Å². The SMILES string of the molecule is Cc1cccnc1CCOc1ccc(C(=O)n2c(C)c(CC(=O)O)c3ccccc32)cc1. The largest absolute Gasteiger partial charge is 0.493 e. The number of nitrogens with zero attached hydrogens (tertiary/aromatic N) is 2. The summed E-state index contributed by atoms with van der Waals surface area (Å²) in [4.78, 5) is 29.0. The maximum atomic E-state index is 13.3. The lowest BCUT2D eigenvalue weighted by Crippen LogP contribution is -2.14. The Morgan fingerprint density at radius 2 is 1.75 bits per heavy atom. The van der Waals surface area contributed by atoms with Gasteiger partial charge in [-0.3, -0.25) is 19.1 Å². The molecule has 6 nitrogen and oxygen atoms in total. The summed E-state index contributed by atoms with van der Waals surface area (Å²) in [5, 5.41) is 10.1. The first-order chi connectivity index (χ1) is 15.5. The van der Waals surface area contributed by atoms with Gasteiger partial charge in [0.1, 0.15) is 5.75 Å². The van der Waals surface area contributed by atoms with E-state index in [1.807, 2.05) is 43.3 Å². The van der Waals surface area contributed by atoms with Crippen molar-refractivity contribution in [2.75, 3.05) is 6.61 Å². The third-order valence-electron chi connectivity index (χ3n) is 5.60. The van der Waals surface area contributed by atoms with E-state index in [4.69, 9.17) is 4.74 Å². The third kappa shape index (κ3) is 4.25. The number of aromatic nitrogens is 2. The van der Waals surface area contributed by atoms with Crippen LogP contribution in [0.5, 0.6) is 5.75 Å². The number of aliphatic carboxylic acids is 1. The number of fused-ring (bicyclic) bond motifs is 1. The van der Waals surface area contributed by atoms with Crippen molar-refractivity contribution in [2.24, 2.45) is 0 Å². The molecule has 0 fully saturated rings. The topological polar surface area (TPSA) is 81.4 Å². The first-order valence-electron chi connectivity index (χ1n) is 10.4. The number of carboxylic acid groups (broad SMARTS) is 1. The number of pyridine rings is 1. The minimum absolute atomic E-state index is 0.130. The molecule has 4 rings (SSSR count). The van der Waals surface area contributed by atoms with Crippen LogP contribution in [0, 0.1) is 13.8 Å². The van der Waals surface area contributed by atoms with E-state index in [9.17, 15) is 14.7 Å². The lowest BCUT2D eigenvalue weighted by molar-refractivity contribution is -0.136. The molecule has 0 aliphatic carbocycles. The van der Waals surface area contributed by atoms with E-state index in [0.717, 1.165) is 16.6 Å². The predicted molar refractivity (Wildman–Crippen MR) is 122 cm³/mol. The molecule has 6 heteroatoms. The highest BCUT2D eigenvalue weighted by atomic mass is 16.5. The highest BCUT2D eigenvalue weighted by molar-refractivity contribution is 6.04. The van der Waals surface area contributed by atoms with Crippen molar-refractivity contribution in [3.8, 4) is 5.75 Å². The second kappa shape index (κ2) is 9.06. The molecule has 0 radical (unpaired) electrons.